The maximum atomic E-state index is 15.7. The third-order valence-corrected chi connectivity index (χ3v) is 7.03. The number of benzene rings is 3. The maximum Gasteiger partial charge on any atom is 0.171 e. The van der Waals surface area contributed by atoms with Gasteiger partial charge < -0.3 is 15.3 Å². The van der Waals surface area contributed by atoms with Crippen molar-refractivity contribution in [2.45, 2.75) is 58.3 Å². The molecule has 0 aliphatic carbocycles. The third-order valence-electron chi connectivity index (χ3n) is 6.30. The molecule has 0 radical (unpaired) electrons. The molecular formula is C27H26Cl2F4O3. The lowest BCUT2D eigenvalue weighted by molar-refractivity contribution is 0.415. The molecule has 0 saturated heterocycles. The second-order valence-corrected chi connectivity index (χ2v) is 10.1. The van der Waals surface area contributed by atoms with Gasteiger partial charge in [-0.2, -0.15) is 0 Å². The van der Waals surface area contributed by atoms with E-state index in [4.69, 9.17) is 23.2 Å². The van der Waals surface area contributed by atoms with Gasteiger partial charge in [-0.15, -0.1) is 0 Å². The van der Waals surface area contributed by atoms with E-state index in [-0.39, 0.29) is 50.7 Å². The van der Waals surface area contributed by atoms with Crippen LogP contribution in [0.15, 0.2) is 24.3 Å². The Kier molecular flexibility index (Phi) is 8.36. The number of phenolic OH excluding ortho intramolecular Hbond substituents is 3. The summed E-state index contributed by atoms with van der Waals surface area (Å²) < 4.78 is 59.6. The molecule has 3 aromatic rings. The lowest BCUT2D eigenvalue weighted by atomic mass is 9.87. The molecular weight excluding hydrogens is 519 g/mol. The minimum absolute atomic E-state index is 0.00909. The molecule has 0 heterocycles. The van der Waals surface area contributed by atoms with Crippen molar-refractivity contribution >= 4 is 23.2 Å². The van der Waals surface area contributed by atoms with Gasteiger partial charge in [-0.1, -0.05) is 50.9 Å². The average Bonchev–Trinajstić information content (AvgIpc) is 2.78. The largest absolute Gasteiger partial charge is 0.506 e. The number of hydrogen-bond acceptors (Lipinski definition) is 3. The zero-order chi connectivity index (χ0) is 27.1. The summed E-state index contributed by atoms with van der Waals surface area (Å²) in [5, 5.41) is 29.9. The zero-order valence-corrected chi connectivity index (χ0v) is 21.6. The van der Waals surface area contributed by atoms with Crippen LogP contribution in [0, 0.1) is 23.3 Å². The molecule has 2 atom stereocenters. The molecule has 0 aliphatic heterocycles. The van der Waals surface area contributed by atoms with E-state index >= 15 is 8.78 Å². The Morgan fingerprint density at radius 1 is 0.639 bits per heavy atom. The predicted molar refractivity (Wildman–Crippen MR) is 132 cm³/mol. The van der Waals surface area contributed by atoms with Gasteiger partial charge in [-0.3, -0.25) is 0 Å². The molecule has 0 bridgehead atoms. The summed E-state index contributed by atoms with van der Waals surface area (Å²) in [6.45, 7) is 6.30. The molecule has 0 saturated carbocycles. The van der Waals surface area contributed by atoms with Crippen LogP contribution in [0.25, 0.3) is 0 Å². The topological polar surface area (TPSA) is 60.7 Å². The van der Waals surface area contributed by atoms with Gasteiger partial charge in [0.25, 0.3) is 0 Å². The minimum atomic E-state index is -1.05. The number of hydrogen-bond donors (Lipinski definition) is 3. The molecule has 0 amide bonds. The Balaban J connectivity index is 2.02. The van der Waals surface area contributed by atoms with E-state index in [2.05, 4.69) is 0 Å². The summed E-state index contributed by atoms with van der Waals surface area (Å²) in [5.74, 6) is -7.35. The molecule has 0 spiro atoms. The number of halogens is 6. The smallest absolute Gasteiger partial charge is 0.171 e. The van der Waals surface area contributed by atoms with E-state index in [1.165, 1.54) is 6.07 Å². The van der Waals surface area contributed by atoms with Crippen LogP contribution in [0.3, 0.4) is 0 Å². The molecule has 36 heavy (non-hydrogen) atoms. The van der Waals surface area contributed by atoms with Gasteiger partial charge in [0.2, 0.25) is 0 Å². The van der Waals surface area contributed by atoms with E-state index in [1.54, 1.807) is 27.7 Å². The van der Waals surface area contributed by atoms with Crippen molar-refractivity contribution in [2.75, 3.05) is 0 Å². The SMILES string of the molecule is CC(C)c1c(F)c(O)cc(CC(C)c2c(F)c(CC(C)c3c(Cl)ccc(O)c3F)cc(O)c2Cl)c1F. The first-order valence-corrected chi connectivity index (χ1v) is 12.1. The number of aromatic hydroxyl groups is 3. The van der Waals surface area contributed by atoms with Gasteiger partial charge in [0, 0.05) is 21.7 Å². The second-order valence-electron chi connectivity index (χ2n) is 9.35. The van der Waals surface area contributed by atoms with E-state index in [0.29, 0.717) is 0 Å². The highest BCUT2D eigenvalue weighted by Gasteiger charge is 2.27. The molecule has 3 N–H and O–H groups in total. The van der Waals surface area contributed by atoms with Crippen LogP contribution in [-0.4, -0.2) is 15.3 Å². The quantitative estimate of drug-likeness (QED) is 0.261. The van der Waals surface area contributed by atoms with Gasteiger partial charge in [-0.05, 0) is 66.0 Å². The molecule has 2 unspecified atom stereocenters. The Labute approximate surface area is 216 Å². The summed E-state index contributed by atoms with van der Waals surface area (Å²) in [4.78, 5) is 0. The molecule has 0 aromatic heterocycles. The van der Waals surface area contributed by atoms with Crippen LogP contribution in [-0.2, 0) is 12.8 Å². The molecule has 0 aliphatic rings. The van der Waals surface area contributed by atoms with Crippen LogP contribution >= 0.6 is 23.2 Å². The van der Waals surface area contributed by atoms with E-state index in [9.17, 15) is 24.1 Å². The van der Waals surface area contributed by atoms with Crippen molar-refractivity contribution in [2.24, 2.45) is 0 Å². The van der Waals surface area contributed by atoms with Crippen molar-refractivity contribution in [1.29, 1.82) is 0 Å². The summed E-state index contributed by atoms with van der Waals surface area (Å²) >= 11 is 12.3. The standard InChI is InChI=1S/C27H26Cl2F4O3/c1-11(2)20-24(30)15(10-19(36)27(20)33)8-13(4)22-23(29)18(35)9-14(25(22)31)7-12(3)21-16(28)5-6-17(34)26(21)32/h5-6,9-13,34-36H,7-8H2,1-4H3. The van der Waals surface area contributed by atoms with Crippen molar-refractivity contribution in [3.63, 3.8) is 0 Å². The highest BCUT2D eigenvalue weighted by molar-refractivity contribution is 6.33. The summed E-state index contributed by atoms with van der Waals surface area (Å²) in [5.41, 5.74) is -0.414. The summed E-state index contributed by atoms with van der Waals surface area (Å²) in [7, 11) is 0. The van der Waals surface area contributed by atoms with E-state index in [0.717, 1.165) is 18.2 Å². The monoisotopic (exact) mass is 544 g/mol. The van der Waals surface area contributed by atoms with E-state index in [1.807, 2.05) is 0 Å². The fourth-order valence-corrected chi connectivity index (χ4v) is 5.16. The lowest BCUT2D eigenvalue weighted by Gasteiger charge is -2.21. The van der Waals surface area contributed by atoms with Gasteiger partial charge in [0.15, 0.2) is 23.1 Å². The van der Waals surface area contributed by atoms with Gasteiger partial charge in [0.1, 0.15) is 17.4 Å². The zero-order valence-electron chi connectivity index (χ0n) is 20.1. The van der Waals surface area contributed by atoms with Gasteiger partial charge in [0.05, 0.1) is 5.02 Å². The highest BCUT2D eigenvalue weighted by Crippen LogP contribution is 2.41. The number of rotatable bonds is 7. The van der Waals surface area contributed by atoms with Crippen LogP contribution in [0.1, 0.15) is 73.3 Å². The molecule has 194 valence electrons. The average molecular weight is 545 g/mol. The molecule has 9 heteroatoms. The normalized spacial score (nSPS) is 13.3. The molecule has 3 aromatic carbocycles. The molecule has 0 fully saturated rings. The summed E-state index contributed by atoms with van der Waals surface area (Å²) in [6, 6.07) is 4.52. The van der Waals surface area contributed by atoms with E-state index < -0.39 is 58.3 Å². The van der Waals surface area contributed by atoms with Crippen molar-refractivity contribution in [1.82, 2.24) is 0 Å². The lowest BCUT2D eigenvalue weighted by Crippen LogP contribution is -2.11. The summed E-state index contributed by atoms with van der Waals surface area (Å²) in [6.07, 6.45) is -0.249. The Morgan fingerprint density at radius 2 is 1.11 bits per heavy atom. The first-order chi connectivity index (χ1) is 16.8. The molecule has 3 nitrogen and oxygen atoms in total. The Hall–Kier alpha value is -2.64. The highest BCUT2D eigenvalue weighted by atomic mass is 35.5. The fraction of sp³-hybridized carbons (Fsp3) is 0.333. The van der Waals surface area contributed by atoms with Crippen molar-refractivity contribution in [3.05, 3.63) is 85.4 Å². The third kappa shape index (κ3) is 5.23. The Bertz CT molecular complexity index is 1310. The van der Waals surface area contributed by atoms with Crippen molar-refractivity contribution < 1.29 is 32.9 Å². The number of phenols is 3. The van der Waals surface area contributed by atoms with Crippen molar-refractivity contribution in [3.8, 4) is 17.2 Å². The predicted octanol–water partition coefficient (Wildman–Crippen LogP) is 8.48. The fourth-order valence-electron chi connectivity index (χ4n) is 4.51. The first kappa shape index (κ1) is 27.9. The Morgan fingerprint density at radius 3 is 1.67 bits per heavy atom. The van der Waals surface area contributed by atoms with Gasteiger partial charge in [-0.25, -0.2) is 17.6 Å². The van der Waals surface area contributed by atoms with Gasteiger partial charge >= 0.3 is 0 Å². The first-order valence-electron chi connectivity index (χ1n) is 11.3. The van der Waals surface area contributed by atoms with Crippen LogP contribution < -0.4 is 0 Å². The maximum absolute atomic E-state index is 15.7. The van der Waals surface area contributed by atoms with Crippen LogP contribution in [0.5, 0.6) is 17.2 Å². The van der Waals surface area contributed by atoms with Crippen LogP contribution in [0.4, 0.5) is 17.6 Å². The second kappa shape index (κ2) is 10.8. The minimum Gasteiger partial charge on any atom is -0.506 e. The van der Waals surface area contributed by atoms with Crippen LogP contribution in [0.2, 0.25) is 10.0 Å². The molecule has 3 rings (SSSR count).